The minimum Gasteiger partial charge on any atom is -0.497 e. The zero-order chi connectivity index (χ0) is 56.5. The van der Waals surface area contributed by atoms with Crippen molar-refractivity contribution in [2.45, 2.75) is 0 Å². The van der Waals surface area contributed by atoms with Gasteiger partial charge in [0.05, 0.1) is 60.1 Å². The van der Waals surface area contributed by atoms with Gasteiger partial charge in [-0.3, -0.25) is 0 Å². The van der Waals surface area contributed by atoms with E-state index >= 15 is 0 Å². The van der Waals surface area contributed by atoms with Gasteiger partial charge < -0.3 is 78.1 Å². The largest absolute Gasteiger partial charge is 2.00 e. The molecule has 0 fully saturated rings. The summed E-state index contributed by atoms with van der Waals surface area (Å²) in [6.45, 7) is 0. The van der Waals surface area contributed by atoms with Crippen molar-refractivity contribution in [3.8, 4) is 57.1 Å². The van der Waals surface area contributed by atoms with Crippen LogP contribution in [-0.2, 0) is 0 Å². The van der Waals surface area contributed by atoms with Crippen molar-refractivity contribution >= 4 is 155 Å². The van der Waals surface area contributed by atoms with Crippen LogP contribution in [-0.4, -0.2) is 74.0 Å². The molecule has 20 nitrogen and oxygen atoms in total. The summed E-state index contributed by atoms with van der Waals surface area (Å²) in [4.78, 5) is 82.4. The van der Waals surface area contributed by atoms with Gasteiger partial charge in [-0.25, -0.2) is 19.9 Å². The van der Waals surface area contributed by atoms with Crippen molar-refractivity contribution in [3.05, 3.63) is 158 Å². The second-order valence-corrected chi connectivity index (χ2v) is 20.9. The third-order valence-electron chi connectivity index (χ3n) is 16.0. The average Bonchev–Trinajstić information content (AvgIpc) is 2.15. The van der Waals surface area contributed by atoms with E-state index in [2.05, 4.69) is 0 Å². The Morgan fingerprint density at radius 1 is 0.261 bits per heavy atom. The average molecular weight is 1430 g/mol. The Bertz CT molecular complexity index is 6250. The van der Waals surface area contributed by atoms with Gasteiger partial charge in [0, 0.05) is 89.0 Å². The van der Waals surface area contributed by atoms with E-state index < -0.39 is 0 Å². The van der Waals surface area contributed by atoms with E-state index in [9.17, 15) is 0 Å². The van der Waals surface area contributed by atoms with Crippen LogP contribution in [0.4, 0.5) is 0 Å². The van der Waals surface area contributed by atoms with Crippen LogP contribution in [0.5, 0.6) is 11.5 Å². The van der Waals surface area contributed by atoms with Gasteiger partial charge in [-0.2, -0.15) is 0 Å². The van der Waals surface area contributed by atoms with Crippen LogP contribution in [0.2, 0.25) is 0 Å². The van der Waals surface area contributed by atoms with Gasteiger partial charge in [0.1, 0.15) is 33.8 Å². The van der Waals surface area contributed by atoms with E-state index in [1.807, 2.05) is 158 Å². The Kier molecular flexibility index (Phi) is 11.9. The zero-order valence-corrected chi connectivity index (χ0v) is 50.0. The standard InChI is InChI=1S/C66H32N16O4.2Gd/c1-83-29-11-17-39-45(23-29)61-74-55(39)72-59-43-21-15-33-27-49(43)65(78-59)82-66-50-28-34(16-22-44(50)60(79-66)73-56-40-18-12-30(84-2)24-46(40)62(75-56)80-61)86-32-14-20-42-48(26-32)64-77-58(42)71-54-38-10-6-4-8-36(38)52(69-54)67-51-35-7-3-5-9-37(35)53(68-51)70-57-41-19-13-31(85-33)25-47(41)63(76-57)81-64;;/h3-28H,1-2H3;;/q-4;2*+2. The Morgan fingerprint density at radius 3 is 1.05 bits per heavy atom. The number of aromatic nitrogens is 16. The van der Waals surface area contributed by atoms with Gasteiger partial charge in [0.15, 0.2) is 0 Å². The molecule has 0 radical (unpaired) electrons. The smallest absolute Gasteiger partial charge is 0.497 e. The van der Waals surface area contributed by atoms with Gasteiger partial charge in [0.25, 0.3) is 0 Å². The fourth-order valence-electron chi connectivity index (χ4n) is 11.9. The number of rotatable bonds is 2. The molecule has 0 N–H and O–H groups in total. The first-order valence-corrected chi connectivity index (χ1v) is 27.3. The number of hydrogen-bond donors (Lipinski definition) is 0. The molecule has 0 spiro atoms. The Morgan fingerprint density at radius 2 is 0.580 bits per heavy atom. The molecule has 0 unspecified atom stereocenters. The number of methoxy groups -OCH3 is 2. The molecule has 0 amide bonds. The quantitative estimate of drug-likeness (QED) is 0.156. The first-order valence-electron chi connectivity index (χ1n) is 27.3. The monoisotopic (exact) mass is 1430 g/mol. The topological polar surface area (TPSA) is 256 Å². The number of benzene rings is 8. The SMILES string of the molecule is COc1ccc2c(c1)-c1nc-2nc2[n-]c3nc4nc(nc5[n-]c(n1)c1cc(OC)ccc51)c1ccc(cc41)oc1ccc4c5nc6nc(nc7[n-]c(nc8nc(nc([n-]5)c4c1)c1cc(ccc81)oc1ccc2c3c1)c1ccccc71)-c1ccccc1-6.[Gd+2].[Gd+2]. The Hall–Kier alpha value is -9.67. The van der Waals surface area contributed by atoms with Gasteiger partial charge in [-0.15, -0.1) is 0 Å². The molecule has 24 bridgehead atoms. The summed E-state index contributed by atoms with van der Waals surface area (Å²) >= 11 is 0. The van der Waals surface area contributed by atoms with Crippen LogP contribution in [0.3, 0.4) is 0 Å². The molecule has 8 aromatic carbocycles. The van der Waals surface area contributed by atoms with Crippen molar-refractivity contribution in [2.75, 3.05) is 14.2 Å². The van der Waals surface area contributed by atoms with Gasteiger partial charge in [-0.05, 0) is 152 Å². The maximum atomic E-state index is 6.83. The van der Waals surface area contributed by atoms with Crippen LogP contribution < -0.4 is 29.4 Å². The number of hydrogen-bond acceptors (Lipinski definition) is 16. The summed E-state index contributed by atoms with van der Waals surface area (Å²) in [5.41, 5.74) is 9.53. The maximum Gasteiger partial charge on any atom is 2.00 e. The fraction of sp³-hybridized carbons (Fsp3) is 0.0303. The summed E-state index contributed by atoms with van der Waals surface area (Å²) in [5.74, 6) is 2.92. The molecule has 0 aliphatic carbocycles. The van der Waals surface area contributed by atoms with Crippen molar-refractivity contribution < 1.29 is 98.2 Å². The molecular formula is C66H32Gd2N16O4. The third-order valence-corrected chi connectivity index (χ3v) is 16.0. The summed E-state index contributed by atoms with van der Waals surface area (Å²) in [7, 11) is 3.23. The van der Waals surface area contributed by atoms with Crippen LogP contribution in [0, 0.1) is 79.9 Å². The number of ether oxygens (including phenoxy) is 2. The summed E-state index contributed by atoms with van der Waals surface area (Å²) in [6, 6.07) is 49.8. The molecule has 2 aliphatic heterocycles. The fourth-order valence-corrected chi connectivity index (χ4v) is 11.9. The normalized spacial score (nSPS) is 12.0. The van der Waals surface area contributed by atoms with Crippen LogP contribution in [0.1, 0.15) is 0 Å². The van der Waals surface area contributed by atoms with Gasteiger partial charge in [-0.1, -0.05) is 48.5 Å². The summed E-state index contributed by atoms with van der Waals surface area (Å²) in [5, 5.41) is 8.37. The van der Waals surface area contributed by atoms with E-state index in [1.165, 1.54) is 0 Å². The number of nitrogens with zero attached hydrogens (tertiary/aromatic N) is 16. The zero-order valence-electron chi connectivity index (χ0n) is 45.5. The van der Waals surface area contributed by atoms with Crippen LogP contribution in [0.25, 0.3) is 200 Å². The molecule has 22 heteroatoms. The summed E-state index contributed by atoms with van der Waals surface area (Å²) in [6.07, 6.45) is 0. The molecule has 19 rings (SSSR count). The van der Waals surface area contributed by atoms with E-state index in [1.54, 1.807) is 14.2 Å². The predicted octanol–water partition coefficient (Wildman–Crippen LogP) is 12.8. The predicted molar refractivity (Wildman–Crippen MR) is 327 cm³/mol. The molecule has 0 atom stereocenters. The minimum atomic E-state index is 0. The maximum absolute atomic E-state index is 6.83. The van der Waals surface area contributed by atoms with Gasteiger partial charge >= 0.3 is 79.9 Å². The van der Waals surface area contributed by atoms with Crippen molar-refractivity contribution in [2.24, 2.45) is 0 Å². The number of fused-ring (bicyclic) bond motifs is 32. The van der Waals surface area contributed by atoms with Crippen molar-refractivity contribution in [1.29, 1.82) is 0 Å². The first kappa shape index (κ1) is 52.6. The Labute approximate surface area is 556 Å². The van der Waals surface area contributed by atoms with Crippen LogP contribution >= 0.6 is 0 Å². The third kappa shape index (κ3) is 8.16. The van der Waals surface area contributed by atoms with E-state index in [4.69, 9.17) is 98.1 Å². The second-order valence-electron chi connectivity index (χ2n) is 20.9. The van der Waals surface area contributed by atoms with E-state index in [-0.39, 0.29) is 79.9 Å². The molecular weight excluding hydrogens is 1400 g/mol. The Balaban J connectivity index is 0.00000300. The van der Waals surface area contributed by atoms with Crippen molar-refractivity contribution in [3.63, 3.8) is 0 Å². The van der Waals surface area contributed by atoms with Crippen LogP contribution in [0.15, 0.2) is 167 Å². The molecule has 0 saturated carbocycles. The van der Waals surface area contributed by atoms with E-state index in [0.29, 0.717) is 179 Å². The summed E-state index contributed by atoms with van der Waals surface area (Å²) < 4.78 is 25.1. The molecule has 17 aromatic rings. The first-order chi connectivity index (χ1) is 42.4. The van der Waals surface area contributed by atoms with Crippen molar-refractivity contribution in [1.82, 2.24) is 79.7 Å². The van der Waals surface area contributed by atoms with E-state index in [0.717, 1.165) is 32.8 Å². The molecule has 11 heterocycles. The minimum absolute atomic E-state index is 0. The molecule has 2 aliphatic rings. The molecule has 0 saturated heterocycles. The molecule has 416 valence electrons. The molecule has 88 heavy (non-hydrogen) atoms. The molecule has 9 aromatic heterocycles. The second kappa shape index (κ2) is 19.9. The van der Waals surface area contributed by atoms with Gasteiger partial charge in [0.2, 0.25) is 0 Å².